The van der Waals surface area contributed by atoms with E-state index in [-0.39, 0.29) is 17.1 Å². The highest BCUT2D eigenvalue weighted by atomic mass is 35.5. The molecule has 2 N–H and O–H groups in total. The lowest BCUT2D eigenvalue weighted by atomic mass is 9.95. The van der Waals surface area contributed by atoms with Crippen molar-refractivity contribution in [1.82, 2.24) is 0 Å². The Labute approximate surface area is 172 Å². The van der Waals surface area contributed by atoms with Crippen LogP contribution in [0.1, 0.15) is 17.2 Å². The van der Waals surface area contributed by atoms with E-state index in [1.54, 1.807) is 66.7 Å². The van der Waals surface area contributed by atoms with E-state index in [0.717, 1.165) is 0 Å². The number of hydrogen-bond acceptors (Lipinski definition) is 4. The third-order valence-corrected chi connectivity index (χ3v) is 5.02. The summed E-state index contributed by atoms with van der Waals surface area (Å²) < 4.78 is 0. The van der Waals surface area contributed by atoms with E-state index in [4.69, 9.17) is 11.6 Å². The van der Waals surface area contributed by atoms with Gasteiger partial charge in [0, 0.05) is 16.3 Å². The van der Waals surface area contributed by atoms with Crippen molar-refractivity contribution in [2.45, 2.75) is 6.04 Å². The van der Waals surface area contributed by atoms with Crippen molar-refractivity contribution in [3.05, 3.63) is 101 Å². The Morgan fingerprint density at radius 1 is 0.897 bits per heavy atom. The largest absolute Gasteiger partial charge is 0.508 e. The number of amides is 1. The van der Waals surface area contributed by atoms with Gasteiger partial charge in [0.2, 0.25) is 0 Å². The molecule has 29 heavy (non-hydrogen) atoms. The predicted molar refractivity (Wildman–Crippen MR) is 111 cm³/mol. The molecule has 6 heteroatoms. The van der Waals surface area contributed by atoms with Crippen LogP contribution in [-0.2, 0) is 9.59 Å². The van der Waals surface area contributed by atoms with Crippen molar-refractivity contribution >= 4 is 34.7 Å². The Morgan fingerprint density at radius 2 is 1.59 bits per heavy atom. The summed E-state index contributed by atoms with van der Waals surface area (Å²) in [5.41, 5.74) is 1.41. The van der Waals surface area contributed by atoms with Crippen molar-refractivity contribution in [2.24, 2.45) is 0 Å². The molecule has 1 saturated heterocycles. The molecule has 0 spiro atoms. The van der Waals surface area contributed by atoms with Crippen LogP contribution in [0.15, 0.2) is 84.4 Å². The van der Waals surface area contributed by atoms with Gasteiger partial charge in [-0.15, -0.1) is 0 Å². The number of carbonyl (C=O) groups excluding carboxylic acids is 2. The molecule has 1 aliphatic rings. The number of halogens is 1. The van der Waals surface area contributed by atoms with E-state index in [2.05, 4.69) is 0 Å². The zero-order valence-corrected chi connectivity index (χ0v) is 15.9. The molecule has 144 valence electrons. The van der Waals surface area contributed by atoms with Gasteiger partial charge in [-0.1, -0.05) is 60.1 Å². The first kappa shape index (κ1) is 18.8. The first-order valence-electron chi connectivity index (χ1n) is 8.88. The molecule has 3 aromatic carbocycles. The van der Waals surface area contributed by atoms with Crippen LogP contribution in [0.5, 0.6) is 5.75 Å². The van der Waals surface area contributed by atoms with Gasteiger partial charge >= 0.3 is 0 Å². The van der Waals surface area contributed by atoms with Gasteiger partial charge in [0.1, 0.15) is 11.5 Å². The minimum atomic E-state index is -0.866. The van der Waals surface area contributed by atoms with Gasteiger partial charge in [0.05, 0.1) is 11.6 Å². The third kappa shape index (κ3) is 3.37. The molecule has 1 unspecified atom stereocenters. The van der Waals surface area contributed by atoms with Crippen LogP contribution in [0.3, 0.4) is 0 Å². The third-order valence-electron chi connectivity index (χ3n) is 4.79. The quantitative estimate of drug-likeness (QED) is 0.377. The Kier molecular flexibility index (Phi) is 4.82. The number of phenolic OH excluding ortho intramolecular Hbond substituents is 1. The molecule has 1 aliphatic heterocycles. The smallest absolute Gasteiger partial charge is 0.300 e. The van der Waals surface area contributed by atoms with Gasteiger partial charge in [0.15, 0.2) is 0 Å². The number of hydrogen-bond donors (Lipinski definition) is 2. The van der Waals surface area contributed by atoms with Crippen molar-refractivity contribution < 1.29 is 19.8 Å². The number of nitrogens with zero attached hydrogens (tertiary/aromatic N) is 1. The van der Waals surface area contributed by atoms with E-state index < -0.39 is 17.7 Å². The van der Waals surface area contributed by atoms with Crippen molar-refractivity contribution in [1.29, 1.82) is 0 Å². The van der Waals surface area contributed by atoms with E-state index in [0.29, 0.717) is 21.8 Å². The lowest BCUT2D eigenvalue weighted by Gasteiger charge is -2.25. The van der Waals surface area contributed by atoms with Crippen molar-refractivity contribution in [3.8, 4) is 5.75 Å². The molecule has 0 radical (unpaired) electrons. The summed E-state index contributed by atoms with van der Waals surface area (Å²) in [6.07, 6.45) is 0. The standard InChI is InChI=1S/C23H16ClNO4/c24-16-7-4-8-17(13-16)25-20(14-9-11-18(26)12-10-14)19(22(28)23(25)29)21(27)15-5-2-1-3-6-15/h1-13,20,26-27H/b21-19-. The summed E-state index contributed by atoms with van der Waals surface area (Å²) in [7, 11) is 0. The highest BCUT2D eigenvalue weighted by Gasteiger charge is 2.46. The summed E-state index contributed by atoms with van der Waals surface area (Å²) >= 11 is 6.10. The fourth-order valence-corrected chi connectivity index (χ4v) is 3.63. The molecule has 3 aromatic rings. The average molecular weight is 406 g/mol. The summed E-state index contributed by atoms with van der Waals surface area (Å²) in [5, 5.41) is 21.0. The molecule has 5 nitrogen and oxygen atoms in total. The zero-order valence-electron chi connectivity index (χ0n) is 15.1. The first-order valence-corrected chi connectivity index (χ1v) is 9.26. The lowest BCUT2D eigenvalue weighted by molar-refractivity contribution is -0.132. The lowest BCUT2D eigenvalue weighted by Crippen LogP contribution is -2.29. The molecule has 1 heterocycles. The fourth-order valence-electron chi connectivity index (χ4n) is 3.45. The molecule has 0 saturated carbocycles. The van der Waals surface area contributed by atoms with Crippen LogP contribution < -0.4 is 4.90 Å². The van der Waals surface area contributed by atoms with Crippen molar-refractivity contribution in [2.75, 3.05) is 4.90 Å². The fraction of sp³-hybridized carbons (Fsp3) is 0.0435. The molecule has 0 bridgehead atoms. The number of carbonyl (C=O) groups is 2. The molecular formula is C23H16ClNO4. The second kappa shape index (κ2) is 7.45. The normalized spacial score (nSPS) is 18.2. The van der Waals surface area contributed by atoms with Gasteiger partial charge in [-0.3, -0.25) is 14.5 Å². The predicted octanol–water partition coefficient (Wildman–Crippen LogP) is 4.67. The Morgan fingerprint density at radius 3 is 2.24 bits per heavy atom. The number of aliphatic hydroxyl groups is 1. The number of rotatable bonds is 3. The van der Waals surface area contributed by atoms with E-state index in [1.807, 2.05) is 0 Å². The van der Waals surface area contributed by atoms with Crippen molar-refractivity contribution in [3.63, 3.8) is 0 Å². The Hall–Kier alpha value is -3.57. The van der Waals surface area contributed by atoms with Crippen LogP contribution in [0.2, 0.25) is 5.02 Å². The number of anilines is 1. The maximum atomic E-state index is 13.0. The maximum absolute atomic E-state index is 13.0. The second-order valence-corrected chi connectivity index (χ2v) is 7.04. The number of aromatic hydroxyl groups is 1. The van der Waals surface area contributed by atoms with Crippen LogP contribution >= 0.6 is 11.6 Å². The summed E-state index contributed by atoms with van der Waals surface area (Å²) in [6, 6.07) is 20.5. The number of ketones is 1. The van der Waals surface area contributed by atoms with Crippen LogP contribution in [0.25, 0.3) is 5.76 Å². The van der Waals surface area contributed by atoms with Crippen LogP contribution in [-0.4, -0.2) is 21.9 Å². The number of phenols is 1. The average Bonchev–Trinajstić information content (AvgIpc) is 2.99. The monoisotopic (exact) mass is 405 g/mol. The summed E-state index contributed by atoms with van der Waals surface area (Å²) in [5.74, 6) is -1.75. The minimum Gasteiger partial charge on any atom is -0.508 e. The Balaban J connectivity index is 1.96. The summed E-state index contributed by atoms with van der Waals surface area (Å²) in [6.45, 7) is 0. The first-order chi connectivity index (χ1) is 14.0. The highest BCUT2D eigenvalue weighted by molar-refractivity contribution is 6.51. The Bertz CT molecular complexity index is 1120. The van der Waals surface area contributed by atoms with Gasteiger partial charge in [-0.2, -0.15) is 0 Å². The number of benzene rings is 3. The number of aliphatic hydroxyl groups excluding tert-OH is 1. The van der Waals surface area contributed by atoms with Gasteiger partial charge in [0.25, 0.3) is 11.7 Å². The second-order valence-electron chi connectivity index (χ2n) is 6.61. The molecule has 0 aromatic heterocycles. The maximum Gasteiger partial charge on any atom is 0.300 e. The molecule has 1 fully saturated rings. The van der Waals surface area contributed by atoms with Gasteiger partial charge < -0.3 is 10.2 Å². The van der Waals surface area contributed by atoms with E-state index in [9.17, 15) is 19.8 Å². The highest BCUT2D eigenvalue weighted by Crippen LogP contribution is 2.42. The zero-order chi connectivity index (χ0) is 20.5. The van der Waals surface area contributed by atoms with Crippen LogP contribution in [0, 0.1) is 0 Å². The van der Waals surface area contributed by atoms with E-state index >= 15 is 0 Å². The number of Topliss-reactive ketones (excluding diaryl/α,β-unsaturated/α-hetero) is 1. The molecule has 0 aliphatic carbocycles. The summed E-state index contributed by atoms with van der Waals surface area (Å²) in [4.78, 5) is 27.2. The molecular weight excluding hydrogens is 390 g/mol. The topological polar surface area (TPSA) is 77.8 Å². The SMILES string of the molecule is O=C1C(=O)N(c2cccc(Cl)c2)C(c2ccc(O)cc2)/C1=C(/O)c1ccccc1. The van der Waals surface area contributed by atoms with Gasteiger partial charge in [-0.05, 0) is 35.9 Å². The van der Waals surface area contributed by atoms with Gasteiger partial charge in [-0.25, -0.2) is 0 Å². The van der Waals surface area contributed by atoms with Crippen LogP contribution in [0.4, 0.5) is 5.69 Å². The molecule has 4 rings (SSSR count). The van der Waals surface area contributed by atoms with E-state index in [1.165, 1.54) is 17.0 Å². The minimum absolute atomic E-state index is 0.0214. The molecule has 1 atom stereocenters. The molecule has 1 amide bonds.